The van der Waals surface area contributed by atoms with E-state index in [0.717, 1.165) is 12.8 Å². The highest BCUT2D eigenvalue weighted by Gasteiger charge is 2.19. The van der Waals surface area contributed by atoms with Gasteiger partial charge in [-0.1, -0.05) is 0 Å². The van der Waals surface area contributed by atoms with E-state index in [9.17, 15) is 14.3 Å². The predicted molar refractivity (Wildman–Crippen MR) is 106 cm³/mol. The fourth-order valence-electron chi connectivity index (χ4n) is 3.31. The molecule has 3 aromatic rings. The summed E-state index contributed by atoms with van der Waals surface area (Å²) in [7, 11) is 0. The number of nitrogens with zero attached hydrogens (tertiary/aromatic N) is 1. The van der Waals surface area contributed by atoms with Crippen molar-refractivity contribution in [1.29, 1.82) is 0 Å². The second-order valence-corrected chi connectivity index (χ2v) is 7.08. The number of benzene rings is 2. The molecule has 4 rings (SSSR count). The van der Waals surface area contributed by atoms with Crippen LogP contribution in [-0.2, 0) is 4.74 Å². The molecule has 1 aliphatic heterocycles. The van der Waals surface area contributed by atoms with Crippen LogP contribution in [0.25, 0.3) is 11.0 Å². The monoisotopic (exact) mass is 396 g/mol. The summed E-state index contributed by atoms with van der Waals surface area (Å²) in [5.74, 6) is -0.658. The molecule has 1 saturated heterocycles. The minimum Gasteiger partial charge on any atom is -0.508 e. The van der Waals surface area contributed by atoms with E-state index < -0.39 is 0 Å². The molecular weight excluding hydrogens is 375 g/mol. The molecule has 0 bridgehead atoms. The molecule has 0 radical (unpaired) electrons. The number of hydrogen-bond donors (Lipinski definition) is 2. The summed E-state index contributed by atoms with van der Waals surface area (Å²) >= 11 is 0. The molecule has 0 saturated carbocycles. The largest absolute Gasteiger partial charge is 0.508 e. The molecule has 29 heavy (non-hydrogen) atoms. The maximum atomic E-state index is 13.4. The first-order chi connectivity index (χ1) is 14.0. The fourth-order valence-corrected chi connectivity index (χ4v) is 3.31. The number of carbonyl (C=O) groups is 1. The van der Waals surface area contributed by atoms with E-state index in [4.69, 9.17) is 9.15 Å². The summed E-state index contributed by atoms with van der Waals surface area (Å²) in [5.41, 5.74) is 1.83. The number of phenols is 1. The molecule has 0 aliphatic carbocycles. The summed E-state index contributed by atoms with van der Waals surface area (Å²) in [6.45, 7) is 2.84. The normalized spacial score (nSPS) is 17.0. The third-order valence-electron chi connectivity index (χ3n) is 4.87. The Labute approximate surface area is 166 Å². The Hall–Kier alpha value is -3.19. The average Bonchev–Trinajstić information content (AvgIpc) is 3.21. The van der Waals surface area contributed by atoms with Gasteiger partial charge in [0.1, 0.15) is 22.7 Å². The number of aryl methyl sites for hydroxylation is 1. The second kappa shape index (κ2) is 8.05. The van der Waals surface area contributed by atoms with E-state index in [-0.39, 0.29) is 34.7 Å². The summed E-state index contributed by atoms with van der Waals surface area (Å²) in [5, 5.41) is 13.3. The predicted octanol–water partition coefficient (Wildman–Crippen LogP) is 3.73. The van der Waals surface area contributed by atoms with E-state index in [2.05, 4.69) is 10.3 Å². The van der Waals surface area contributed by atoms with Gasteiger partial charge in [-0.05, 0) is 61.7 Å². The van der Waals surface area contributed by atoms with Crippen LogP contribution in [0.1, 0.15) is 28.8 Å². The minimum absolute atomic E-state index is 0.00743. The zero-order valence-corrected chi connectivity index (χ0v) is 15.9. The smallest absolute Gasteiger partial charge is 0.256 e. The van der Waals surface area contributed by atoms with Crippen LogP contribution in [0.4, 0.5) is 10.1 Å². The lowest BCUT2D eigenvalue weighted by atomic mass is 10.1. The summed E-state index contributed by atoms with van der Waals surface area (Å²) in [6, 6.07) is 10.5. The number of amides is 1. The number of ether oxygens (including phenoxy) is 1. The quantitative estimate of drug-likeness (QED) is 0.704. The molecule has 150 valence electrons. The first-order valence-electron chi connectivity index (χ1n) is 9.47. The molecule has 1 amide bonds. The molecular formula is C22H21FN2O4. The number of hydrogen-bond acceptors (Lipinski definition) is 5. The van der Waals surface area contributed by atoms with E-state index in [1.165, 1.54) is 30.3 Å². The lowest BCUT2D eigenvalue weighted by molar-refractivity contribution is 0.0854. The van der Waals surface area contributed by atoms with Gasteiger partial charge in [-0.25, -0.2) is 9.38 Å². The van der Waals surface area contributed by atoms with Crippen molar-refractivity contribution in [2.24, 2.45) is 4.99 Å². The third-order valence-corrected chi connectivity index (χ3v) is 4.87. The first-order valence-corrected chi connectivity index (χ1v) is 9.47. The zero-order chi connectivity index (χ0) is 20.4. The molecule has 1 fully saturated rings. The Kier molecular flexibility index (Phi) is 5.31. The molecule has 2 N–H and O–H groups in total. The van der Waals surface area contributed by atoms with Crippen LogP contribution in [-0.4, -0.2) is 30.3 Å². The average molecular weight is 396 g/mol. The van der Waals surface area contributed by atoms with Crippen molar-refractivity contribution in [2.75, 3.05) is 13.2 Å². The summed E-state index contributed by atoms with van der Waals surface area (Å²) in [6.07, 6.45) is 1.90. The number of fused-ring (bicyclic) bond motifs is 1. The van der Waals surface area contributed by atoms with E-state index in [1.807, 2.05) is 0 Å². The van der Waals surface area contributed by atoms with Crippen molar-refractivity contribution < 1.29 is 23.4 Å². The van der Waals surface area contributed by atoms with Crippen molar-refractivity contribution in [2.45, 2.75) is 25.9 Å². The van der Waals surface area contributed by atoms with Gasteiger partial charge in [0.15, 0.2) is 0 Å². The molecule has 1 aliphatic rings. The fraction of sp³-hybridized carbons (Fsp3) is 0.273. The van der Waals surface area contributed by atoms with Gasteiger partial charge >= 0.3 is 0 Å². The molecule has 0 spiro atoms. The Morgan fingerprint density at radius 1 is 1.28 bits per heavy atom. The number of rotatable bonds is 4. The van der Waals surface area contributed by atoms with Crippen LogP contribution in [0.5, 0.6) is 5.75 Å². The SMILES string of the molecule is Cc1cc(F)ccc1N=c1oc2cc(O)ccc2cc1C(=O)NCC1CCCO1. The first kappa shape index (κ1) is 19.1. The zero-order valence-electron chi connectivity index (χ0n) is 15.9. The third kappa shape index (κ3) is 4.30. The standard InChI is InChI=1S/C22H21FN2O4/c1-13-9-15(23)5-7-19(13)25-22-18(21(27)24-12-17-3-2-8-28-17)10-14-4-6-16(26)11-20(14)29-22/h4-7,9-11,17,26H,2-3,8,12H2,1H3,(H,24,27). The highest BCUT2D eigenvalue weighted by atomic mass is 19.1. The van der Waals surface area contributed by atoms with Gasteiger partial charge in [0, 0.05) is 24.6 Å². The number of halogens is 1. The molecule has 2 heterocycles. The van der Waals surface area contributed by atoms with Crippen LogP contribution in [0.2, 0.25) is 0 Å². The Bertz CT molecular complexity index is 1130. The summed E-state index contributed by atoms with van der Waals surface area (Å²) in [4.78, 5) is 17.3. The van der Waals surface area contributed by atoms with Crippen molar-refractivity contribution in [3.8, 4) is 5.75 Å². The number of nitrogens with one attached hydrogen (secondary N) is 1. The number of phenolic OH excluding ortho intramolecular Hbond substituents is 1. The van der Waals surface area contributed by atoms with Gasteiger partial charge in [0.2, 0.25) is 5.55 Å². The van der Waals surface area contributed by atoms with Gasteiger partial charge in [0.25, 0.3) is 5.91 Å². The highest BCUT2D eigenvalue weighted by Crippen LogP contribution is 2.22. The maximum absolute atomic E-state index is 13.4. The van der Waals surface area contributed by atoms with E-state index in [0.29, 0.717) is 35.4 Å². The van der Waals surface area contributed by atoms with Crippen molar-refractivity contribution in [3.05, 3.63) is 65.0 Å². The van der Waals surface area contributed by atoms with Gasteiger partial charge in [-0.2, -0.15) is 0 Å². The molecule has 1 unspecified atom stereocenters. The molecule has 1 aromatic heterocycles. The van der Waals surface area contributed by atoms with Crippen molar-refractivity contribution in [3.63, 3.8) is 0 Å². The Morgan fingerprint density at radius 3 is 2.90 bits per heavy atom. The van der Waals surface area contributed by atoms with Gasteiger partial charge in [-0.3, -0.25) is 4.79 Å². The van der Waals surface area contributed by atoms with E-state index >= 15 is 0 Å². The molecule has 7 heteroatoms. The lowest BCUT2D eigenvalue weighted by Crippen LogP contribution is -2.34. The second-order valence-electron chi connectivity index (χ2n) is 7.08. The lowest BCUT2D eigenvalue weighted by Gasteiger charge is -2.11. The van der Waals surface area contributed by atoms with Crippen LogP contribution in [0.15, 0.2) is 51.9 Å². The van der Waals surface area contributed by atoms with Crippen LogP contribution in [0.3, 0.4) is 0 Å². The van der Waals surface area contributed by atoms with Gasteiger partial charge < -0.3 is 19.6 Å². The van der Waals surface area contributed by atoms with Crippen molar-refractivity contribution in [1.82, 2.24) is 5.32 Å². The summed E-state index contributed by atoms with van der Waals surface area (Å²) < 4.78 is 24.8. The Balaban J connectivity index is 1.78. The molecule has 2 aromatic carbocycles. The van der Waals surface area contributed by atoms with E-state index in [1.54, 1.807) is 19.1 Å². The number of carbonyl (C=O) groups excluding carboxylic acids is 1. The van der Waals surface area contributed by atoms with Gasteiger partial charge in [-0.15, -0.1) is 0 Å². The Morgan fingerprint density at radius 2 is 2.14 bits per heavy atom. The topological polar surface area (TPSA) is 84.1 Å². The maximum Gasteiger partial charge on any atom is 0.256 e. The van der Waals surface area contributed by atoms with Crippen LogP contribution >= 0.6 is 0 Å². The highest BCUT2D eigenvalue weighted by molar-refractivity contribution is 5.96. The molecule has 1 atom stereocenters. The molecule has 6 nitrogen and oxygen atoms in total. The van der Waals surface area contributed by atoms with Crippen LogP contribution < -0.4 is 10.9 Å². The van der Waals surface area contributed by atoms with Gasteiger partial charge in [0.05, 0.1) is 11.8 Å². The minimum atomic E-state index is -0.364. The number of aromatic hydroxyl groups is 1. The van der Waals surface area contributed by atoms with Crippen molar-refractivity contribution >= 4 is 22.6 Å². The van der Waals surface area contributed by atoms with Crippen LogP contribution in [0, 0.1) is 12.7 Å².